The van der Waals surface area contributed by atoms with Crippen LogP contribution in [0.25, 0.3) is 0 Å². The van der Waals surface area contributed by atoms with Crippen LogP contribution in [0.4, 0.5) is 0 Å². The Balaban J connectivity index is 2.33. The highest BCUT2D eigenvalue weighted by Gasteiger charge is 2.06. The maximum atomic E-state index is 12.1. The molecular weight excluding hydrogens is 227 g/mol. The van der Waals surface area contributed by atoms with Gasteiger partial charge >= 0.3 is 0 Å². The van der Waals surface area contributed by atoms with Crippen LogP contribution in [-0.4, -0.2) is 0 Å². The van der Waals surface area contributed by atoms with E-state index in [1.54, 1.807) is 24.3 Å². The molecule has 0 saturated carbocycles. The third-order valence-corrected chi connectivity index (χ3v) is 3.84. The molecule has 0 spiro atoms. The minimum Gasteiger partial charge on any atom is -0.277 e. The van der Waals surface area contributed by atoms with Gasteiger partial charge in [-0.05, 0) is 36.4 Å². The fourth-order valence-corrected chi connectivity index (χ4v) is 2.58. The topological polar surface area (TPSA) is 17.1 Å². The average Bonchev–Trinajstić information content (AvgIpc) is 2.30. The highest BCUT2D eigenvalue weighted by Crippen LogP contribution is 2.20. The van der Waals surface area contributed by atoms with Gasteiger partial charge in [0, 0.05) is 15.6 Å². The van der Waals surface area contributed by atoms with E-state index in [4.69, 9.17) is 11.6 Å². The Bertz CT molecular complexity index is 465. The van der Waals surface area contributed by atoms with Crippen LogP contribution in [0, 0.1) is 0 Å². The lowest BCUT2D eigenvalue weighted by atomic mass is 10.4. The number of hydrogen-bond donors (Lipinski definition) is 0. The molecule has 1 radical (unpaired) electrons. The van der Waals surface area contributed by atoms with Gasteiger partial charge < -0.3 is 0 Å². The molecule has 1 atom stereocenters. The summed E-state index contributed by atoms with van der Waals surface area (Å²) < 4.78 is 12.1. The summed E-state index contributed by atoms with van der Waals surface area (Å²) in [5.74, 6) is 0. The van der Waals surface area contributed by atoms with Crippen LogP contribution >= 0.6 is 19.4 Å². The van der Waals surface area contributed by atoms with Crippen molar-refractivity contribution in [2.75, 3.05) is 0 Å². The molecular formula is C12H9ClOP. The summed E-state index contributed by atoms with van der Waals surface area (Å²) >= 11 is 5.77. The first-order chi connectivity index (χ1) is 7.27. The summed E-state index contributed by atoms with van der Waals surface area (Å²) in [6, 6.07) is 16.5. The molecule has 0 aliphatic heterocycles. The second kappa shape index (κ2) is 4.57. The Kier molecular flexibility index (Phi) is 3.15. The van der Waals surface area contributed by atoms with E-state index >= 15 is 0 Å². The smallest absolute Gasteiger partial charge is 0.136 e. The monoisotopic (exact) mass is 235 g/mol. The van der Waals surface area contributed by atoms with E-state index in [9.17, 15) is 4.57 Å². The van der Waals surface area contributed by atoms with E-state index in [0.717, 1.165) is 10.6 Å². The number of benzene rings is 2. The molecule has 3 heteroatoms. The minimum atomic E-state index is -1.49. The first kappa shape index (κ1) is 10.4. The van der Waals surface area contributed by atoms with Crippen LogP contribution in [0.1, 0.15) is 0 Å². The van der Waals surface area contributed by atoms with E-state index in [-0.39, 0.29) is 0 Å². The molecule has 2 aromatic carbocycles. The predicted molar refractivity (Wildman–Crippen MR) is 64.8 cm³/mol. The van der Waals surface area contributed by atoms with Crippen molar-refractivity contribution in [3.63, 3.8) is 0 Å². The normalized spacial score (nSPS) is 11.1. The molecule has 75 valence electrons. The maximum Gasteiger partial charge on any atom is 0.136 e. The van der Waals surface area contributed by atoms with Crippen molar-refractivity contribution < 1.29 is 4.57 Å². The molecule has 0 aromatic heterocycles. The van der Waals surface area contributed by atoms with E-state index in [0.29, 0.717) is 5.02 Å². The number of halogens is 1. The van der Waals surface area contributed by atoms with Crippen LogP contribution in [-0.2, 0) is 4.57 Å². The Hall–Kier alpha value is -1.17. The molecule has 15 heavy (non-hydrogen) atoms. The van der Waals surface area contributed by atoms with Crippen molar-refractivity contribution >= 4 is 30.0 Å². The van der Waals surface area contributed by atoms with Crippen LogP contribution in [0.15, 0.2) is 54.6 Å². The van der Waals surface area contributed by atoms with Crippen molar-refractivity contribution in [2.45, 2.75) is 0 Å². The number of hydrogen-bond acceptors (Lipinski definition) is 1. The molecule has 0 aliphatic rings. The Morgan fingerprint density at radius 1 is 0.800 bits per heavy atom. The summed E-state index contributed by atoms with van der Waals surface area (Å²) in [6.45, 7) is 0. The highest BCUT2D eigenvalue weighted by molar-refractivity contribution is 7.61. The van der Waals surface area contributed by atoms with E-state index in [1.807, 2.05) is 30.3 Å². The van der Waals surface area contributed by atoms with Crippen LogP contribution in [0.5, 0.6) is 0 Å². The zero-order chi connectivity index (χ0) is 10.7. The van der Waals surface area contributed by atoms with Crippen molar-refractivity contribution in [3.05, 3.63) is 59.6 Å². The van der Waals surface area contributed by atoms with Gasteiger partial charge in [0.2, 0.25) is 0 Å². The van der Waals surface area contributed by atoms with Gasteiger partial charge in [-0.25, -0.2) is 0 Å². The van der Waals surface area contributed by atoms with Crippen molar-refractivity contribution in [2.24, 2.45) is 0 Å². The van der Waals surface area contributed by atoms with Crippen LogP contribution in [0.3, 0.4) is 0 Å². The van der Waals surface area contributed by atoms with Crippen LogP contribution < -0.4 is 10.6 Å². The summed E-state index contributed by atoms with van der Waals surface area (Å²) in [4.78, 5) is 0. The second-order valence-electron chi connectivity index (χ2n) is 3.11. The molecule has 0 amide bonds. The molecule has 0 fully saturated rings. The highest BCUT2D eigenvalue weighted by atomic mass is 35.5. The molecule has 1 nitrogen and oxygen atoms in total. The molecule has 0 bridgehead atoms. The zero-order valence-corrected chi connectivity index (χ0v) is 9.58. The first-order valence-corrected chi connectivity index (χ1v) is 6.19. The van der Waals surface area contributed by atoms with Gasteiger partial charge in [-0.15, -0.1) is 0 Å². The third kappa shape index (κ3) is 2.44. The predicted octanol–water partition coefficient (Wildman–Crippen LogP) is 3.12. The molecule has 2 aromatic rings. The summed E-state index contributed by atoms with van der Waals surface area (Å²) in [5, 5.41) is 2.31. The van der Waals surface area contributed by atoms with Gasteiger partial charge in [-0.1, -0.05) is 29.8 Å². The van der Waals surface area contributed by atoms with Gasteiger partial charge in [0.25, 0.3) is 0 Å². The van der Waals surface area contributed by atoms with Crippen molar-refractivity contribution in [3.8, 4) is 0 Å². The molecule has 0 heterocycles. The molecule has 1 unspecified atom stereocenters. The largest absolute Gasteiger partial charge is 0.277 e. The molecule has 2 rings (SSSR count). The van der Waals surface area contributed by atoms with Gasteiger partial charge in [0.1, 0.15) is 7.80 Å². The quantitative estimate of drug-likeness (QED) is 0.731. The Morgan fingerprint density at radius 3 is 1.93 bits per heavy atom. The minimum absolute atomic E-state index is 0.662. The van der Waals surface area contributed by atoms with Crippen molar-refractivity contribution in [1.82, 2.24) is 0 Å². The average molecular weight is 236 g/mol. The standard InChI is InChI=1S/C12H9ClOP/c13-10-6-8-12(9-7-10)15(14)11-4-2-1-3-5-11/h1-9H. The lowest BCUT2D eigenvalue weighted by Gasteiger charge is -2.00. The maximum absolute atomic E-state index is 12.1. The fraction of sp³-hybridized carbons (Fsp3) is 0. The summed E-state index contributed by atoms with van der Waals surface area (Å²) in [5.41, 5.74) is 0. The Morgan fingerprint density at radius 2 is 1.33 bits per heavy atom. The first-order valence-electron chi connectivity index (χ1n) is 4.55. The third-order valence-electron chi connectivity index (χ3n) is 2.05. The van der Waals surface area contributed by atoms with Gasteiger partial charge in [0.15, 0.2) is 0 Å². The lowest BCUT2D eigenvalue weighted by Crippen LogP contribution is -2.05. The fourth-order valence-electron chi connectivity index (χ4n) is 1.29. The van der Waals surface area contributed by atoms with E-state index in [1.165, 1.54) is 0 Å². The zero-order valence-electron chi connectivity index (χ0n) is 7.93. The van der Waals surface area contributed by atoms with Gasteiger partial charge in [-0.3, -0.25) is 4.57 Å². The van der Waals surface area contributed by atoms with E-state index in [2.05, 4.69) is 0 Å². The molecule has 0 aliphatic carbocycles. The molecule has 0 N–H and O–H groups in total. The summed E-state index contributed by atoms with van der Waals surface area (Å²) in [7, 11) is -1.49. The Labute approximate surface area is 94.5 Å². The number of rotatable bonds is 2. The van der Waals surface area contributed by atoms with Gasteiger partial charge in [-0.2, -0.15) is 0 Å². The van der Waals surface area contributed by atoms with E-state index < -0.39 is 7.80 Å². The van der Waals surface area contributed by atoms with Gasteiger partial charge in [0.05, 0.1) is 0 Å². The molecule has 0 saturated heterocycles. The lowest BCUT2D eigenvalue weighted by molar-refractivity contribution is 0.598. The second-order valence-corrected chi connectivity index (χ2v) is 5.16. The SMILES string of the molecule is O=[P](c1ccccc1)c1ccc(Cl)cc1. The van der Waals surface area contributed by atoms with Crippen LogP contribution in [0.2, 0.25) is 5.02 Å². The van der Waals surface area contributed by atoms with Crippen molar-refractivity contribution in [1.29, 1.82) is 0 Å². The summed E-state index contributed by atoms with van der Waals surface area (Å²) in [6.07, 6.45) is 0.